The number of thioether (sulfide) groups is 2. The van der Waals surface area contributed by atoms with Crippen molar-refractivity contribution in [3.8, 4) is 0 Å². The molecule has 0 spiro atoms. The molecular formula is C31H28N2O2S2. The highest BCUT2D eigenvalue weighted by Crippen LogP contribution is 2.39. The summed E-state index contributed by atoms with van der Waals surface area (Å²) < 4.78 is 0. The van der Waals surface area contributed by atoms with Crippen LogP contribution >= 0.6 is 23.5 Å². The van der Waals surface area contributed by atoms with E-state index in [1.165, 1.54) is 10.5 Å². The maximum atomic E-state index is 13.0. The lowest BCUT2D eigenvalue weighted by molar-refractivity contribution is -0.128. The summed E-state index contributed by atoms with van der Waals surface area (Å²) in [6.07, 6.45) is 0. The zero-order valence-electron chi connectivity index (χ0n) is 20.6. The van der Waals surface area contributed by atoms with Crippen LogP contribution < -0.4 is 5.32 Å². The van der Waals surface area contributed by atoms with Crippen molar-refractivity contribution in [1.29, 1.82) is 0 Å². The van der Waals surface area contributed by atoms with Gasteiger partial charge in [-0.05, 0) is 59.5 Å². The zero-order valence-corrected chi connectivity index (χ0v) is 22.2. The third-order valence-corrected chi connectivity index (χ3v) is 8.65. The van der Waals surface area contributed by atoms with Gasteiger partial charge < -0.3 is 10.2 Å². The molecule has 1 saturated heterocycles. The molecule has 5 rings (SSSR count). The topological polar surface area (TPSA) is 49.4 Å². The Kier molecular flexibility index (Phi) is 7.97. The van der Waals surface area contributed by atoms with Crippen LogP contribution in [0.3, 0.4) is 0 Å². The Morgan fingerprint density at radius 2 is 1.62 bits per heavy atom. The Morgan fingerprint density at radius 1 is 0.919 bits per heavy atom. The molecule has 0 saturated carbocycles. The summed E-state index contributed by atoms with van der Waals surface area (Å²) >= 11 is 3.43. The minimum Gasteiger partial charge on any atom is -0.322 e. The monoisotopic (exact) mass is 524 g/mol. The van der Waals surface area contributed by atoms with Gasteiger partial charge >= 0.3 is 0 Å². The molecule has 1 N–H and O–H groups in total. The molecule has 186 valence electrons. The van der Waals surface area contributed by atoms with Gasteiger partial charge in [0.1, 0.15) is 5.37 Å². The predicted octanol–water partition coefficient (Wildman–Crippen LogP) is 7.31. The van der Waals surface area contributed by atoms with Crippen molar-refractivity contribution in [2.75, 3.05) is 11.1 Å². The first-order chi connectivity index (χ1) is 18.1. The third kappa shape index (κ3) is 6.27. The van der Waals surface area contributed by atoms with Gasteiger partial charge in [-0.2, -0.15) is 0 Å². The maximum Gasteiger partial charge on any atom is 0.255 e. The molecule has 4 nitrogen and oxygen atoms in total. The van der Waals surface area contributed by atoms with E-state index in [9.17, 15) is 9.59 Å². The summed E-state index contributed by atoms with van der Waals surface area (Å²) in [5.41, 5.74) is 5.80. The van der Waals surface area contributed by atoms with Crippen LogP contribution in [0.25, 0.3) is 0 Å². The molecule has 0 bridgehead atoms. The first-order valence-electron chi connectivity index (χ1n) is 12.2. The van der Waals surface area contributed by atoms with Gasteiger partial charge in [-0.15, -0.1) is 23.5 Å². The number of carbonyl (C=O) groups is 2. The predicted molar refractivity (Wildman–Crippen MR) is 154 cm³/mol. The molecule has 0 radical (unpaired) electrons. The zero-order chi connectivity index (χ0) is 25.6. The van der Waals surface area contributed by atoms with E-state index in [4.69, 9.17) is 0 Å². The van der Waals surface area contributed by atoms with Gasteiger partial charge in [0.15, 0.2) is 0 Å². The minimum absolute atomic E-state index is 0.0478. The minimum atomic E-state index is -0.141. The van der Waals surface area contributed by atoms with Gasteiger partial charge in [-0.3, -0.25) is 9.59 Å². The molecule has 0 aromatic heterocycles. The van der Waals surface area contributed by atoms with E-state index >= 15 is 0 Å². The van der Waals surface area contributed by atoms with Gasteiger partial charge in [-0.1, -0.05) is 72.8 Å². The molecule has 1 fully saturated rings. The van der Waals surface area contributed by atoms with Crippen LogP contribution in [0.2, 0.25) is 0 Å². The fourth-order valence-electron chi connectivity index (χ4n) is 4.31. The summed E-state index contributed by atoms with van der Waals surface area (Å²) in [7, 11) is 0. The SMILES string of the molecule is Cc1cc(CSc2ccccc2)ccc1NC(=O)c1ccc([C@H]2SCC(=O)N2Cc2ccccc2)cc1. The van der Waals surface area contributed by atoms with Crippen LogP contribution in [-0.4, -0.2) is 22.5 Å². The second-order valence-corrected chi connectivity index (χ2v) is 11.1. The normalized spacial score (nSPS) is 15.1. The first-order valence-corrected chi connectivity index (χ1v) is 14.2. The average Bonchev–Trinajstić information content (AvgIpc) is 3.29. The Morgan fingerprint density at radius 3 is 2.32 bits per heavy atom. The Balaban J connectivity index is 1.22. The lowest BCUT2D eigenvalue weighted by Gasteiger charge is -2.24. The highest BCUT2D eigenvalue weighted by Gasteiger charge is 2.32. The van der Waals surface area contributed by atoms with E-state index in [1.807, 2.05) is 90.7 Å². The van der Waals surface area contributed by atoms with Gasteiger partial charge in [0.25, 0.3) is 5.91 Å². The van der Waals surface area contributed by atoms with Gasteiger partial charge in [0, 0.05) is 28.4 Å². The highest BCUT2D eigenvalue weighted by atomic mass is 32.2. The Hall–Kier alpha value is -3.48. The molecule has 0 aliphatic carbocycles. The van der Waals surface area contributed by atoms with Crippen molar-refractivity contribution in [2.24, 2.45) is 0 Å². The number of anilines is 1. The summed E-state index contributed by atoms with van der Waals surface area (Å²) in [6, 6.07) is 34.2. The molecule has 6 heteroatoms. The number of amides is 2. The number of rotatable bonds is 8. The smallest absolute Gasteiger partial charge is 0.255 e. The van der Waals surface area contributed by atoms with Crippen molar-refractivity contribution in [3.05, 3.63) is 131 Å². The molecular weight excluding hydrogens is 496 g/mol. The van der Waals surface area contributed by atoms with E-state index in [0.29, 0.717) is 17.9 Å². The average molecular weight is 525 g/mol. The molecule has 1 heterocycles. The van der Waals surface area contributed by atoms with Crippen LogP contribution in [-0.2, 0) is 17.1 Å². The second kappa shape index (κ2) is 11.7. The van der Waals surface area contributed by atoms with Gasteiger partial charge in [-0.25, -0.2) is 0 Å². The number of hydrogen-bond donors (Lipinski definition) is 1. The Bertz CT molecular complexity index is 1380. The van der Waals surface area contributed by atoms with Crippen LogP contribution in [0, 0.1) is 6.92 Å². The van der Waals surface area contributed by atoms with Gasteiger partial charge in [0.05, 0.1) is 5.75 Å². The number of aryl methyl sites for hydroxylation is 1. The largest absolute Gasteiger partial charge is 0.322 e. The summed E-state index contributed by atoms with van der Waals surface area (Å²) in [6.45, 7) is 2.60. The van der Waals surface area contributed by atoms with E-state index in [1.54, 1.807) is 23.5 Å². The number of nitrogens with zero attached hydrogens (tertiary/aromatic N) is 1. The molecule has 1 aliphatic rings. The standard InChI is InChI=1S/C31H28N2O2S2/c1-22-18-24(20-36-27-10-6-3-7-11-27)12-17-28(22)32-30(35)25-13-15-26(16-14-25)31-33(29(34)21-37-31)19-23-8-4-2-5-9-23/h2-18,31H,19-21H2,1H3,(H,32,35)/t31-/m1/s1. The molecule has 37 heavy (non-hydrogen) atoms. The fraction of sp³-hybridized carbons (Fsp3) is 0.161. The summed E-state index contributed by atoms with van der Waals surface area (Å²) in [5.74, 6) is 1.35. The fourth-order valence-corrected chi connectivity index (χ4v) is 6.36. The number of nitrogens with one attached hydrogen (secondary N) is 1. The lowest BCUT2D eigenvalue weighted by atomic mass is 10.1. The quantitative estimate of drug-likeness (QED) is 0.246. The van der Waals surface area contributed by atoms with Crippen molar-refractivity contribution >= 4 is 41.0 Å². The number of carbonyl (C=O) groups excluding carboxylic acids is 2. The summed E-state index contributed by atoms with van der Waals surface area (Å²) in [4.78, 5) is 28.7. The second-order valence-electron chi connectivity index (χ2n) is 9.00. The maximum absolute atomic E-state index is 13.0. The van der Waals surface area contributed by atoms with Gasteiger partial charge in [0.2, 0.25) is 5.91 Å². The lowest BCUT2D eigenvalue weighted by Crippen LogP contribution is -2.27. The van der Waals surface area contributed by atoms with Crippen molar-refractivity contribution in [2.45, 2.75) is 29.5 Å². The van der Waals surface area contributed by atoms with E-state index in [0.717, 1.165) is 28.1 Å². The third-order valence-electron chi connectivity index (χ3n) is 6.31. The van der Waals surface area contributed by atoms with E-state index in [-0.39, 0.29) is 17.2 Å². The van der Waals surface area contributed by atoms with Crippen molar-refractivity contribution in [3.63, 3.8) is 0 Å². The van der Waals surface area contributed by atoms with Crippen molar-refractivity contribution in [1.82, 2.24) is 4.90 Å². The van der Waals surface area contributed by atoms with Crippen LogP contribution in [0.15, 0.2) is 108 Å². The van der Waals surface area contributed by atoms with E-state index in [2.05, 4.69) is 29.6 Å². The van der Waals surface area contributed by atoms with Crippen molar-refractivity contribution < 1.29 is 9.59 Å². The van der Waals surface area contributed by atoms with E-state index < -0.39 is 0 Å². The summed E-state index contributed by atoms with van der Waals surface area (Å²) in [5, 5.41) is 3.00. The molecule has 4 aromatic rings. The van der Waals surface area contributed by atoms with Crippen LogP contribution in [0.5, 0.6) is 0 Å². The molecule has 4 aromatic carbocycles. The Labute approximate surface area is 226 Å². The number of hydrogen-bond acceptors (Lipinski definition) is 4. The molecule has 2 amide bonds. The molecule has 0 unspecified atom stereocenters. The highest BCUT2D eigenvalue weighted by molar-refractivity contribution is 8.00. The number of benzene rings is 4. The van der Waals surface area contributed by atoms with Crippen LogP contribution in [0.4, 0.5) is 5.69 Å². The molecule has 1 aliphatic heterocycles. The van der Waals surface area contributed by atoms with Crippen LogP contribution in [0.1, 0.15) is 38.0 Å². The molecule has 1 atom stereocenters. The first kappa shape index (κ1) is 25.2.